The van der Waals surface area contributed by atoms with Gasteiger partial charge in [-0.3, -0.25) is 4.98 Å². The summed E-state index contributed by atoms with van der Waals surface area (Å²) in [7, 11) is 0. The van der Waals surface area contributed by atoms with E-state index in [-0.39, 0.29) is 11.4 Å². The van der Waals surface area contributed by atoms with Gasteiger partial charge in [0.1, 0.15) is 17.7 Å². The van der Waals surface area contributed by atoms with Crippen LogP contribution in [0.5, 0.6) is 0 Å². The van der Waals surface area contributed by atoms with Gasteiger partial charge in [0.2, 0.25) is 0 Å². The number of hydrogen-bond donors (Lipinski definition) is 0. The molecule has 0 aliphatic heterocycles. The quantitative estimate of drug-likeness (QED) is 0.219. The SMILES string of the molecule is CCCCCCCc1ccc(-c2ccc3c(F)c(CCc4ccc(C#N)c(F)c4)ccc3c2)nc1. The second-order valence-electron chi connectivity index (χ2n) is 9.12. The highest BCUT2D eigenvalue weighted by Crippen LogP contribution is 2.27. The van der Waals surface area contributed by atoms with Crippen molar-refractivity contribution in [3.05, 3.63) is 101 Å². The normalized spacial score (nSPS) is 11.0. The molecule has 0 N–H and O–H groups in total. The fourth-order valence-electron chi connectivity index (χ4n) is 4.45. The van der Waals surface area contributed by atoms with Crippen LogP contribution in [0.15, 0.2) is 66.9 Å². The van der Waals surface area contributed by atoms with Gasteiger partial charge in [-0.1, -0.05) is 69.0 Å². The number of fused-ring (bicyclic) bond motifs is 1. The summed E-state index contributed by atoms with van der Waals surface area (Å²) < 4.78 is 29.1. The van der Waals surface area contributed by atoms with E-state index in [1.54, 1.807) is 12.1 Å². The molecule has 4 rings (SSSR count). The van der Waals surface area contributed by atoms with Crippen LogP contribution in [0.25, 0.3) is 22.0 Å². The van der Waals surface area contributed by atoms with Crippen LogP contribution in [0.2, 0.25) is 0 Å². The van der Waals surface area contributed by atoms with Crippen molar-refractivity contribution < 1.29 is 8.78 Å². The lowest BCUT2D eigenvalue weighted by Crippen LogP contribution is -1.97. The first-order chi connectivity index (χ1) is 17.1. The van der Waals surface area contributed by atoms with E-state index < -0.39 is 5.82 Å². The lowest BCUT2D eigenvalue weighted by Gasteiger charge is -2.09. The van der Waals surface area contributed by atoms with Gasteiger partial charge >= 0.3 is 0 Å². The molecule has 0 aliphatic rings. The van der Waals surface area contributed by atoms with Crippen LogP contribution in [0.1, 0.15) is 61.3 Å². The van der Waals surface area contributed by atoms with Gasteiger partial charge in [0.15, 0.2) is 0 Å². The molecular weight excluding hydrogens is 438 g/mol. The van der Waals surface area contributed by atoms with Gasteiger partial charge in [0, 0.05) is 17.1 Å². The van der Waals surface area contributed by atoms with Crippen LogP contribution < -0.4 is 0 Å². The van der Waals surface area contributed by atoms with E-state index in [2.05, 4.69) is 18.0 Å². The van der Waals surface area contributed by atoms with Crippen molar-refractivity contribution in [2.24, 2.45) is 0 Å². The average Bonchev–Trinajstić information content (AvgIpc) is 2.88. The summed E-state index contributed by atoms with van der Waals surface area (Å²) in [6.45, 7) is 2.23. The zero-order valence-corrected chi connectivity index (χ0v) is 20.2. The third kappa shape index (κ3) is 6.11. The van der Waals surface area contributed by atoms with Gasteiger partial charge in [0.25, 0.3) is 0 Å². The van der Waals surface area contributed by atoms with E-state index in [0.717, 1.165) is 28.6 Å². The van der Waals surface area contributed by atoms with Crippen LogP contribution in [0, 0.1) is 23.0 Å². The fourth-order valence-corrected chi connectivity index (χ4v) is 4.45. The summed E-state index contributed by atoms with van der Waals surface area (Å²) in [6.07, 6.45) is 10.3. The van der Waals surface area contributed by atoms with Crippen molar-refractivity contribution in [3.63, 3.8) is 0 Å². The minimum Gasteiger partial charge on any atom is -0.256 e. The molecule has 4 aromatic rings. The summed E-state index contributed by atoms with van der Waals surface area (Å²) in [5.41, 5.74) is 4.46. The van der Waals surface area contributed by atoms with Crippen molar-refractivity contribution in [3.8, 4) is 17.3 Å². The summed E-state index contributed by atoms with van der Waals surface area (Å²) >= 11 is 0. The Hall–Kier alpha value is -3.58. The minimum absolute atomic E-state index is 0.0213. The molecule has 1 aromatic heterocycles. The Morgan fingerprint density at radius 3 is 2.37 bits per heavy atom. The Morgan fingerprint density at radius 1 is 0.800 bits per heavy atom. The Kier molecular flexibility index (Phi) is 8.21. The molecule has 1 heterocycles. The molecule has 0 saturated carbocycles. The van der Waals surface area contributed by atoms with E-state index in [1.807, 2.05) is 42.6 Å². The van der Waals surface area contributed by atoms with E-state index in [1.165, 1.54) is 49.8 Å². The van der Waals surface area contributed by atoms with Crippen LogP contribution >= 0.6 is 0 Å². The molecule has 0 radical (unpaired) electrons. The fraction of sp³-hybridized carbons (Fsp3) is 0.290. The largest absolute Gasteiger partial charge is 0.256 e. The molecule has 35 heavy (non-hydrogen) atoms. The molecule has 0 unspecified atom stereocenters. The number of hydrogen-bond acceptors (Lipinski definition) is 2. The molecular formula is C31H30F2N2. The Balaban J connectivity index is 1.44. The second-order valence-corrected chi connectivity index (χ2v) is 9.12. The van der Waals surface area contributed by atoms with Crippen molar-refractivity contribution in [2.75, 3.05) is 0 Å². The van der Waals surface area contributed by atoms with Crippen LogP contribution in [0.3, 0.4) is 0 Å². The number of rotatable bonds is 10. The maximum Gasteiger partial charge on any atom is 0.141 e. The van der Waals surface area contributed by atoms with E-state index in [4.69, 9.17) is 5.26 Å². The van der Waals surface area contributed by atoms with Crippen molar-refractivity contribution in [1.82, 2.24) is 4.98 Å². The lowest BCUT2D eigenvalue weighted by atomic mass is 9.98. The maximum atomic E-state index is 15.2. The Morgan fingerprint density at radius 2 is 1.63 bits per heavy atom. The van der Waals surface area contributed by atoms with Crippen LogP contribution in [-0.2, 0) is 19.3 Å². The predicted octanol–water partition coefficient (Wildman–Crippen LogP) is 8.35. The minimum atomic E-state index is -0.537. The monoisotopic (exact) mass is 468 g/mol. The molecule has 0 atom stereocenters. The molecule has 0 amide bonds. The van der Waals surface area contributed by atoms with Crippen LogP contribution in [0.4, 0.5) is 8.78 Å². The number of pyridine rings is 1. The topological polar surface area (TPSA) is 36.7 Å². The number of benzene rings is 3. The van der Waals surface area contributed by atoms with Gasteiger partial charge in [-0.2, -0.15) is 5.26 Å². The molecule has 178 valence electrons. The van der Waals surface area contributed by atoms with Gasteiger partial charge in [-0.15, -0.1) is 0 Å². The second kappa shape index (κ2) is 11.7. The number of halogens is 2. The number of nitriles is 1. The molecule has 2 nitrogen and oxygen atoms in total. The number of nitrogens with zero attached hydrogens (tertiary/aromatic N) is 2. The molecule has 0 spiro atoms. The third-order valence-corrected chi connectivity index (χ3v) is 6.56. The number of aryl methyl sites for hydroxylation is 3. The van der Waals surface area contributed by atoms with Crippen molar-refractivity contribution in [1.29, 1.82) is 5.26 Å². The summed E-state index contributed by atoms with van der Waals surface area (Å²) in [6, 6.07) is 20.0. The van der Waals surface area contributed by atoms with Crippen LogP contribution in [-0.4, -0.2) is 4.98 Å². The smallest absolute Gasteiger partial charge is 0.141 e. The first-order valence-corrected chi connectivity index (χ1v) is 12.4. The maximum absolute atomic E-state index is 15.2. The average molecular weight is 469 g/mol. The molecule has 0 fully saturated rings. The predicted molar refractivity (Wildman–Crippen MR) is 138 cm³/mol. The first kappa shape index (κ1) is 24.5. The lowest BCUT2D eigenvalue weighted by molar-refractivity contribution is 0.616. The van der Waals surface area contributed by atoms with E-state index in [0.29, 0.717) is 23.8 Å². The highest BCUT2D eigenvalue weighted by atomic mass is 19.1. The van der Waals surface area contributed by atoms with Gasteiger partial charge in [-0.25, -0.2) is 8.78 Å². The Labute approximate surface area is 206 Å². The molecule has 0 aliphatic carbocycles. The Bertz CT molecular complexity index is 1340. The summed E-state index contributed by atoms with van der Waals surface area (Å²) in [4.78, 5) is 4.65. The summed E-state index contributed by atoms with van der Waals surface area (Å²) in [5, 5.41) is 10.3. The van der Waals surface area contributed by atoms with Gasteiger partial charge in [0.05, 0.1) is 11.3 Å². The third-order valence-electron chi connectivity index (χ3n) is 6.56. The van der Waals surface area contributed by atoms with E-state index >= 15 is 4.39 Å². The molecule has 0 bridgehead atoms. The zero-order valence-electron chi connectivity index (χ0n) is 20.2. The molecule has 3 aromatic carbocycles. The number of unbranched alkanes of at least 4 members (excludes halogenated alkanes) is 4. The first-order valence-electron chi connectivity index (χ1n) is 12.4. The summed E-state index contributed by atoms with van der Waals surface area (Å²) in [5.74, 6) is -0.778. The van der Waals surface area contributed by atoms with Crippen molar-refractivity contribution in [2.45, 2.75) is 58.3 Å². The highest BCUT2D eigenvalue weighted by Gasteiger charge is 2.11. The molecule has 0 saturated heterocycles. The molecule has 4 heteroatoms. The standard InChI is InChI=1S/C31H30F2N2/c1-2-3-4-5-6-7-23-10-17-30(35-21-23)26-15-16-28-25(19-26)14-13-24(31(28)33)11-8-22-9-12-27(20-34)29(32)18-22/h9-10,12-19,21H,2-8,11H2,1H3. The van der Waals surface area contributed by atoms with Gasteiger partial charge < -0.3 is 0 Å². The van der Waals surface area contributed by atoms with Gasteiger partial charge in [-0.05, 0) is 72.0 Å². The number of aromatic nitrogens is 1. The highest BCUT2D eigenvalue weighted by molar-refractivity contribution is 5.88. The zero-order chi connectivity index (χ0) is 24.6. The van der Waals surface area contributed by atoms with Crippen molar-refractivity contribution >= 4 is 10.8 Å². The van der Waals surface area contributed by atoms with E-state index in [9.17, 15) is 4.39 Å².